The number of rotatable bonds is 47. The van der Waals surface area contributed by atoms with Crippen LogP contribution in [-0.4, -0.2) is 232 Å². The van der Waals surface area contributed by atoms with Crippen LogP contribution >= 0.6 is 26.6 Å². The van der Waals surface area contributed by atoms with Crippen molar-refractivity contribution in [3.05, 3.63) is 59.7 Å². The van der Waals surface area contributed by atoms with Crippen LogP contribution in [0.2, 0.25) is 0 Å². The first kappa shape index (κ1) is 130. The fourth-order valence-corrected chi connectivity index (χ4v) is 8.88. The van der Waals surface area contributed by atoms with Crippen LogP contribution in [0.1, 0.15) is 274 Å². The maximum atomic E-state index is 11.7. The molecule has 0 aliphatic rings. The van der Waals surface area contributed by atoms with Crippen LogP contribution in [0.15, 0.2) is 58.3 Å². The summed E-state index contributed by atoms with van der Waals surface area (Å²) in [6, 6.07) is 13.1. The second-order valence-corrected chi connectivity index (χ2v) is 32.4. The number of aliphatic hydroxyl groups excluding tert-OH is 4. The molecule has 2 aromatic carbocycles. The zero-order valence-electron chi connectivity index (χ0n) is 67.7. The number of aliphatic hydroxyl groups is 4. The first-order chi connectivity index (χ1) is 49.2. The van der Waals surface area contributed by atoms with Crippen molar-refractivity contribution in [2.75, 3.05) is 131 Å². The van der Waals surface area contributed by atoms with Gasteiger partial charge in [-0.05, 0) is 192 Å². The highest BCUT2D eigenvalue weighted by Crippen LogP contribution is 2.16. The van der Waals surface area contributed by atoms with Gasteiger partial charge in [0.05, 0.1) is 16.4 Å². The van der Waals surface area contributed by atoms with Gasteiger partial charge >= 0.3 is 23.9 Å². The second kappa shape index (κ2) is 86.9. The summed E-state index contributed by atoms with van der Waals surface area (Å²) in [6.45, 7) is 42.8. The summed E-state index contributed by atoms with van der Waals surface area (Å²) in [5.41, 5.74) is 0.339. The van der Waals surface area contributed by atoms with Crippen LogP contribution < -0.4 is 0 Å². The van der Waals surface area contributed by atoms with E-state index in [1.54, 1.807) is 36.4 Å². The number of carbonyl (C=O) groups excluding carboxylic acids is 4. The molecule has 0 saturated carbocycles. The summed E-state index contributed by atoms with van der Waals surface area (Å²) >= 11 is 2.99. The maximum absolute atomic E-state index is 11.7. The van der Waals surface area contributed by atoms with E-state index in [9.17, 15) is 36.0 Å². The SMILES string of the molecule is C.C.C.C.CC(C)(C)OC(=O)CBr.CC(C)(C)OC(=O)COCCCOCCCCO.CCCCCOCCCO.CCCCCOCCCOCC(=O)OC(C)(C)C.CCCCCOCCCOCC(=O)OC(C)(C)C.CCCCCOS(=O)(=O)c1ccc(C)cc1.Cc1ccc(S(=O)(=O)Cl)cc1.OCCCO.[AlH3]. The second-order valence-electron chi connectivity index (χ2n) is 27.6. The predicted octanol–water partition coefficient (Wildman–Crippen LogP) is 16.2. The Labute approximate surface area is 694 Å². The normalized spacial score (nSPS) is 10.7. The number of hydrogen-bond acceptors (Lipinski definition) is 24. The van der Waals surface area contributed by atoms with Gasteiger partial charge in [0.15, 0.2) is 17.4 Å². The van der Waals surface area contributed by atoms with Gasteiger partial charge in [-0.15, -0.1) is 0 Å². The Bertz CT molecular complexity index is 2390. The van der Waals surface area contributed by atoms with Crippen molar-refractivity contribution in [2.45, 2.75) is 309 Å². The van der Waals surface area contributed by atoms with E-state index in [-0.39, 0.29) is 145 Å². The van der Waals surface area contributed by atoms with E-state index in [1.807, 2.05) is 96.9 Å². The van der Waals surface area contributed by atoms with Gasteiger partial charge in [0.1, 0.15) is 47.6 Å². The van der Waals surface area contributed by atoms with Crippen molar-refractivity contribution >= 4 is 87.0 Å². The van der Waals surface area contributed by atoms with E-state index in [0.29, 0.717) is 59.3 Å². The zero-order chi connectivity index (χ0) is 81.3. The predicted molar refractivity (Wildman–Crippen MR) is 457 cm³/mol. The average molecular weight is 1730 g/mol. The molecule has 0 radical (unpaired) electrons. The highest BCUT2D eigenvalue weighted by molar-refractivity contribution is 9.09. The molecule has 0 bridgehead atoms. The third-order valence-electron chi connectivity index (χ3n) is 11.9. The van der Waals surface area contributed by atoms with Crippen LogP contribution in [-0.2, 0) is 94.6 Å². The standard InChI is InChI=1S/2C14H28O4.C13H26O5.C12H18O3S.C8H18O2.C7H7ClO2S.C6H11BrO2.C3H8O2.4CH4.Al.3H/c2*1-5-6-7-9-16-10-8-11-17-12-13(15)18-14(2,3)4;1-13(2,3)18-12(15)11-17-10-6-9-16-8-5-4-7-14;1-3-4-5-10-15-16(13,14)12-8-6-11(2)7-9-12;1-2-3-4-7-10-8-5-6-9;1-6-2-4-7(5-3-6)11(8,9)10;1-6(2,3)9-5(8)4-7;4-2-1-3-5;;;;;;;;/h2*5-12H2,1-4H3;14H,4-11H2,1-3H3;6-9H,3-5,10H2,1-2H3;9H,2-8H2,1H3;2-5H,1H3;4H2,1-3H3;4-5H,1-3H2;4*1H4;;;;. The number of carbonyl (C=O) groups is 4. The Morgan fingerprint density at radius 1 is 0.345 bits per heavy atom. The third kappa shape index (κ3) is 114. The van der Waals surface area contributed by atoms with E-state index < -0.39 is 36.0 Å². The van der Waals surface area contributed by atoms with E-state index in [0.717, 1.165) is 108 Å². The quantitative estimate of drug-likeness (QED) is 0.00909. The van der Waals surface area contributed by atoms with Crippen molar-refractivity contribution in [2.24, 2.45) is 0 Å². The molecule has 0 amide bonds. The fourth-order valence-electron chi connectivity index (χ4n) is 7.06. The summed E-state index contributed by atoms with van der Waals surface area (Å²) in [6.07, 6.45) is 18.9. The lowest BCUT2D eigenvalue weighted by molar-refractivity contribution is -0.161. The average Bonchev–Trinajstić information content (AvgIpc) is 0.855. The topological polar surface area (TPSA) is 328 Å². The smallest absolute Gasteiger partial charge is 0.332 e. The Morgan fingerprint density at radius 3 is 0.818 bits per heavy atom. The van der Waals surface area contributed by atoms with Crippen LogP contribution in [0.4, 0.5) is 0 Å². The molecule has 4 N–H and O–H groups in total. The minimum atomic E-state index is -3.56. The summed E-state index contributed by atoms with van der Waals surface area (Å²) in [5, 5.41) is 33.0. The lowest BCUT2D eigenvalue weighted by atomic mass is 10.2. The van der Waals surface area contributed by atoms with Gasteiger partial charge in [0, 0.05) is 110 Å². The summed E-state index contributed by atoms with van der Waals surface area (Å²) in [4.78, 5) is 44.8. The molecule has 0 atom stereocenters. The van der Waals surface area contributed by atoms with Gasteiger partial charge < -0.3 is 72.5 Å². The number of halogens is 2. The van der Waals surface area contributed by atoms with Crippen molar-refractivity contribution < 1.29 is 113 Å². The minimum Gasteiger partial charge on any atom is -0.459 e. The lowest BCUT2D eigenvalue weighted by Crippen LogP contribution is -2.26. The molecule has 110 heavy (non-hydrogen) atoms. The molecule has 660 valence electrons. The Kier molecular flexibility index (Phi) is 103. The van der Waals surface area contributed by atoms with Crippen molar-refractivity contribution in [1.29, 1.82) is 0 Å². The molecular formula is C81H163AlBrClO24S2. The number of hydrogen-bond donors (Lipinski definition) is 4. The van der Waals surface area contributed by atoms with Crippen molar-refractivity contribution in [3.63, 3.8) is 0 Å². The van der Waals surface area contributed by atoms with E-state index >= 15 is 0 Å². The molecule has 0 spiro atoms. The molecule has 2 aromatic rings. The number of alkyl halides is 1. The molecule has 0 aliphatic carbocycles. The number of esters is 4. The lowest BCUT2D eigenvalue weighted by Gasteiger charge is -2.19. The molecule has 0 heterocycles. The van der Waals surface area contributed by atoms with Gasteiger partial charge in [-0.3, -0.25) is 8.98 Å². The van der Waals surface area contributed by atoms with Gasteiger partial charge in [0.2, 0.25) is 0 Å². The molecule has 0 aliphatic heterocycles. The number of aryl methyl sites for hydroxylation is 2. The molecule has 29 heteroatoms. The first-order valence-corrected chi connectivity index (χ1v) is 41.9. The largest absolute Gasteiger partial charge is 0.459 e. The van der Waals surface area contributed by atoms with Crippen LogP contribution in [0.5, 0.6) is 0 Å². The zero-order valence-corrected chi connectivity index (χ0v) is 71.7. The molecule has 0 fully saturated rings. The summed E-state index contributed by atoms with van der Waals surface area (Å²) in [5.74, 6) is -1.19. The number of benzene rings is 2. The van der Waals surface area contributed by atoms with Gasteiger partial charge in [-0.1, -0.05) is 160 Å². The minimum absolute atomic E-state index is 0. The Hall–Kier alpha value is -2.96. The molecule has 24 nitrogen and oxygen atoms in total. The van der Waals surface area contributed by atoms with E-state index in [4.69, 9.17) is 87.4 Å². The van der Waals surface area contributed by atoms with Crippen molar-refractivity contribution in [1.82, 2.24) is 0 Å². The summed E-state index contributed by atoms with van der Waals surface area (Å²) in [7, 11) is -2.02. The van der Waals surface area contributed by atoms with E-state index in [1.165, 1.54) is 50.7 Å². The highest BCUT2D eigenvalue weighted by Gasteiger charge is 2.19. The Balaban J connectivity index is -0.000000115. The van der Waals surface area contributed by atoms with Crippen LogP contribution in [0, 0.1) is 13.8 Å². The van der Waals surface area contributed by atoms with Crippen LogP contribution in [0.3, 0.4) is 0 Å². The molecule has 0 aromatic heterocycles. The molecule has 2 rings (SSSR count). The number of unbranched alkanes of at least 4 members (excludes halogenated alkanes) is 9. The monoisotopic (exact) mass is 1720 g/mol. The molecule has 0 unspecified atom stereocenters. The highest BCUT2D eigenvalue weighted by atomic mass is 79.9. The van der Waals surface area contributed by atoms with Gasteiger partial charge in [0.25, 0.3) is 19.2 Å². The maximum Gasteiger partial charge on any atom is 0.332 e. The van der Waals surface area contributed by atoms with Gasteiger partial charge in [-0.25, -0.2) is 22.8 Å². The molecular weight excluding hydrogens is 1560 g/mol. The number of ether oxygens (including phenoxy) is 11. The van der Waals surface area contributed by atoms with Gasteiger partial charge in [-0.2, -0.15) is 8.42 Å². The third-order valence-corrected chi connectivity index (χ3v) is 15.1. The van der Waals surface area contributed by atoms with E-state index in [2.05, 4.69) is 43.6 Å². The van der Waals surface area contributed by atoms with Crippen LogP contribution in [0.25, 0.3) is 0 Å². The van der Waals surface area contributed by atoms with Crippen molar-refractivity contribution in [3.8, 4) is 0 Å². The first-order valence-electron chi connectivity index (χ1n) is 37.1. The fraction of sp³-hybridized carbons (Fsp3) is 0.802. The molecule has 0 saturated heterocycles. The Morgan fingerprint density at radius 2 is 0.582 bits per heavy atom. The summed E-state index contributed by atoms with van der Waals surface area (Å²) < 4.78 is 107.